The lowest BCUT2D eigenvalue weighted by Gasteiger charge is -2.18. The molecule has 1 aliphatic rings. The highest BCUT2D eigenvalue weighted by Gasteiger charge is 2.24. The Labute approximate surface area is 217 Å². The van der Waals surface area contributed by atoms with E-state index in [4.69, 9.17) is 9.72 Å². The van der Waals surface area contributed by atoms with Crippen LogP contribution < -0.4 is 15.6 Å². The monoisotopic (exact) mass is 552 g/mol. The molecule has 1 N–H and O–H groups in total. The lowest BCUT2D eigenvalue weighted by Crippen LogP contribution is -2.23. The van der Waals surface area contributed by atoms with Crippen molar-refractivity contribution in [3.63, 3.8) is 0 Å². The molecule has 0 saturated carbocycles. The van der Waals surface area contributed by atoms with Crippen LogP contribution in [0.25, 0.3) is 22.2 Å². The van der Waals surface area contributed by atoms with Gasteiger partial charge in [-0.2, -0.15) is 5.10 Å². The van der Waals surface area contributed by atoms with Gasteiger partial charge >= 0.3 is 0 Å². The summed E-state index contributed by atoms with van der Waals surface area (Å²) in [5, 5.41) is 7.51. The van der Waals surface area contributed by atoms with E-state index in [1.807, 2.05) is 25.1 Å². The van der Waals surface area contributed by atoms with Crippen molar-refractivity contribution in [1.29, 1.82) is 0 Å². The summed E-state index contributed by atoms with van der Waals surface area (Å²) in [4.78, 5) is 31.4. The molecular formula is C26H29BrN6O3. The predicted octanol–water partition coefficient (Wildman–Crippen LogP) is 4.66. The summed E-state index contributed by atoms with van der Waals surface area (Å²) in [5.74, 6) is 1.06. The summed E-state index contributed by atoms with van der Waals surface area (Å²) in [7, 11) is 3.44. The Kier molecular flexibility index (Phi) is 6.46. The minimum Gasteiger partial charge on any atom is -0.477 e. The number of fused-ring (bicyclic) bond motifs is 7. The summed E-state index contributed by atoms with van der Waals surface area (Å²) < 4.78 is 12.3. The highest BCUT2D eigenvalue weighted by Crippen LogP contribution is 2.32. The van der Waals surface area contributed by atoms with Gasteiger partial charge in [0.25, 0.3) is 11.5 Å². The van der Waals surface area contributed by atoms with E-state index in [1.54, 1.807) is 31.0 Å². The number of nitrogens with one attached hydrogen (secondary N) is 1. The van der Waals surface area contributed by atoms with Crippen LogP contribution in [-0.2, 0) is 20.6 Å². The molecule has 10 heteroatoms. The Balaban J connectivity index is 1.68. The Morgan fingerprint density at radius 2 is 2.03 bits per heavy atom. The number of pyridine rings is 1. The average Bonchev–Trinajstić information content (AvgIpc) is 3.31. The molecule has 36 heavy (non-hydrogen) atoms. The van der Waals surface area contributed by atoms with Crippen LogP contribution in [0.5, 0.6) is 5.88 Å². The van der Waals surface area contributed by atoms with Crippen LogP contribution >= 0.6 is 15.9 Å². The van der Waals surface area contributed by atoms with Gasteiger partial charge < -0.3 is 13.9 Å². The van der Waals surface area contributed by atoms with Crippen molar-refractivity contribution in [2.24, 2.45) is 20.0 Å². The molecule has 3 aromatic heterocycles. The van der Waals surface area contributed by atoms with Crippen LogP contribution in [0.1, 0.15) is 42.2 Å². The lowest BCUT2D eigenvalue weighted by molar-refractivity contribution is 0.102. The smallest absolute Gasteiger partial charge is 0.259 e. The Morgan fingerprint density at radius 1 is 1.22 bits per heavy atom. The number of aromatic nitrogens is 5. The second kappa shape index (κ2) is 9.57. The molecule has 0 saturated heterocycles. The molecule has 4 heterocycles. The molecule has 9 nitrogen and oxygen atoms in total. The number of carbonyl (C=O) groups excluding carboxylic acids is 1. The van der Waals surface area contributed by atoms with Crippen molar-refractivity contribution in [3.05, 3.63) is 56.5 Å². The molecule has 1 amide bonds. The SMILES string of the molecule is CCC1CCCOc2c(c(C)nn2C)-c2cc(cn(C)c2=O)C(=O)Nc2nc3ccc(Br)cc3n2C1. The number of imidazole rings is 1. The van der Waals surface area contributed by atoms with Crippen LogP contribution in [0, 0.1) is 12.8 Å². The van der Waals surface area contributed by atoms with E-state index >= 15 is 0 Å². The standard InChI is InChI=1S/C26H29BrN6O3/c1-5-16-7-6-10-36-25-22(15(2)30-32(25)4)19-11-17(14-31(3)24(19)35)23(34)29-26-28-20-9-8-18(27)12-21(20)33(26)13-16/h8-9,11-12,14,16H,5-7,10,13H2,1-4H3,(H,28,29,34). The molecule has 1 atom stereocenters. The number of rotatable bonds is 1. The first-order valence-corrected chi connectivity index (χ1v) is 12.9. The number of anilines is 1. The van der Waals surface area contributed by atoms with Gasteiger partial charge in [0.2, 0.25) is 11.8 Å². The zero-order valence-electron chi connectivity index (χ0n) is 20.8. The topological polar surface area (TPSA) is 96.0 Å². The van der Waals surface area contributed by atoms with Gasteiger partial charge in [-0.25, -0.2) is 9.67 Å². The average molecular weight is 553 g/mol. The molecular weight excluding hydrogens is 524 g/mol. The number of benzene rings is 1. The quantitative estimate of drug-likeness (QED) is 0.370. The predicted molar refractivity (Wildman–Crippen MR) is 143 cm³/mol. The Hall–Kier alpha value is -3.40. The number of carbonyl (C=O) groups is 1. The van der Waals surface area contributed by atoms with Crippen molar-refractivity contribution in [2.45, 2.75) is 39.7 Å². The molecule has 0 fully saturated rings. The molecule has 2 bridgehead atoms. The van der Waals surface area contributed by atoms with Gasteiger partial charge in [-0.1, -0.05) is 29.3 Å². The molecule has 1 aromatic carbocycles. The summed E-state index contributed by atoms with van der Waals surface area (Å²) in [5.41, 5.74) is 3.56. The van der Waals surface area contributed by atoms with Gasteiger partial charge in [0.1, 0.15) is 0 Å². The fraction of sp³-hybridized carbons (Fsp3) is 0.385. The van der Waals surface area contributed by atoms with E-state index in [1.165, 1.54) is 4.57 Å². The largest absolute Gasteiger partial charge is 0.477 e. The maximum atomic E-state index is 13.5. The minimum atomic E-state index is -0.339. The van der Waals surface area contributed by atoms with Crippen LogP contribution in [0.4, 0.5) is 5.95 Å². The summed E-state index contributed by atoms with van der Waals surface area (Å²) in [6, 6.07) is 7.53. The minimum absolute atomic E-state index is 0.222. The second-order valence-corrected chi connectivity index (χ2v) is 10.3. The van der Waals surface area contributed by atoms with Crippen molar-refractivity contribution < 1.29 is 9.53 Å². The van der Waals surface area contributed by atoms with Gasteiger partial charge in [-0.3, -0.25) is 14.9 Å². The van der Waals surface area contributed by atoms with Crippen LogP contribution in [0.15, 0.2) is 39.7 Å². The number of hydrogen-bond donors (Lipinski definition) is 1. The first-order valence-electron chi connectivity index (χ1n) is 12.1. The van der Waals surface area contributed by atoms with Gasteiger partial charge in [-0.05, 0) is 49.9 Å². The zero-order chi connectivity index (χ0) is 25.6. The summed E-state index contributed by atoms with van der Waals surface area (Å²) >= 11 is 3.57. The van der Waals surface area contributed by atoms with E-state index in [9.17, 15) is 9.59 Å². The van der Waals surface area contributed by atoms with Crippen molar-refractivity contribution in [2.75, 3.05) is 11.9 Å². The van der Waals surface area contributed by atoms with Crippen molar-refractivity contribution >= 4 is 38.8 Å². The second-order valence-electron chi connectivity index (χ2n) is 9.35. The molecule has 5 rings (SSSR count). The molecule has 4 aromatic rings. The number of amides is 1. The molecule has 188 valence electrons. The van der Waals surface area contributed by atoms with Crippen LogP contribution in [0.2, 0.25) is 0 Å². The van der Waals surface area contributed by atoms with Gasteiger partial charge in [0.05, 0.1) is 40.0 Å². The number of halogens is 1. The number of aryl methyl sites for hydroxylation is 3. The molecule has 1 unspecified atom stereocenters. The van der Waals surface area contributed by atoms with Crippen LogP contribution in [-0.4, -0.2) is 36.4 Å². The van der Waals surface area contributed by atoms with Crippen LogP contribution in [0.3, 0.4) is 0 Å². The number of hydrogen-bond acceptors (Lipinski definition) is 5. The maximum Gasteiger partial charge on any atom is 0.259 e. The third kappa shape index (κ3) is 4.34. The highest BCUT2D eigenvalue weighted by molar-refractivity contribution is 9.10. The van der Waals surface area contributed by atoms with Crippen molar-refractivity contribution in [1.82, 2.24) is 23.9 Å². The first kappa shape index (κ1) is 24.3. The third-order valence-corrected chi connectivity index (χ3v) is 7.33. The molecule has 0 radical (unpaired) electrons. The zero-order valence-corrected chi connectivity index (χ0v) is 22.4. The van der Waals surface area contributed by atoms with E-state index in [-0.39, 0.29) is 11.5 Å². The van der Waals surface area contributed by atoms with Gasteiger partial charge in [-0.15, -0.1) is 0 Å². The summed E-state index contributed by atoms with van der Waals surface area (Å²) in [6.45, 7) is 5.24. The van der Waals surface area contributed by atoms with Crippen molar-refractivity contribution in [3.8, 4) is 17.0 Å². The number of nitrogens with zero attached hydrogens (tertiary/aromatic N) is 5. The third-order valence-electron chi connectivity index (χ3n) is 6.83. The van der Waals surface area contributed by atoms with Gasteiger partial charge in [0.15, 0.2) is 0 Å². The van der Waals surface area contributed by atoms with E-state index < -0.39 is 0 Å². The normalized spacial score (nSPS) is 16.5. The fourth-order valence-corrected chi connectivity index (χ4v) is 5.25. The maximum absolute atomic E-state index is 13.5. The summed E-state index contributed by atoms with van der Waals surface area (Å²) in [6.07, 6.45) is 4.31. The first-order chi connectivity index (χ1) is 17.3. The Bertz CT molecular complexity index is 1530. The van der Waals surface area contributed by atoms with E-state index in [0.29, 0.717) is 53.3 Å². The Morgan fingerprint density at radius 3 is 2.81 bits per heavy atom. The molecule has 0 spiro atoms. The fourth-order valence-electron chi connectivity index (χ4n) is 4.90. The lowest BCUT2D eigenvalue weighted by atomic mass is 10.0. The molecule has 1 aliphatic heterocycles. The number of ether oxygens (including phenoxy) is 1. The molecule has 0 aliphatic carbocycles. The van der Waals surface area contributed by atoms with E-state index in [2.05, 4.69) is 37.8 Å². The van der Waals surface area contributed by atoms with E-state index in [0.717, 1.165) is 34.8 Å². The highest BCUT2D eigenvalue weighted by atomic mass is 79.9. The van der Waals surface area contributed by atoms with Gasteiger partial charge in [0, 0.05) is 31.3 Å².